The third kappa shape index (κ3) is 5.01. The molecule has 1 heterocycles. The van der Waals surface area contributed by atoms with E-state index in [2.05, 4.69) is 15.5 Å². The van der Waals surface area contributed by atoms with Crippen molar-refractivity contribution in [2.75, 3.05) is 6.61 Å². The average molecular weight is 444 g/mol. The number of H-pyrrole nitrogens is 1. The van der Waals surface area contributed by atoms with Gasteiger partial charge in [-0.05, 0) is 48.6 Å². The van der Waals surface area contributed by atoms with Crippen LogP contribution in [0, 0.1) is 4.77 Å². The summed E-state index contributed by atoms with van der Waals surface area (Å²) in [4.78, 5) is 12.1. The van der Waals surface area contributed by atoms with Crippen LogP contribution >= 0.6 is 47.0 Å². The fraction of sp³-hybridized carbons (Fsp3) is 0.118. The first kappa shape index (κ1) is 19.7. The van der Waals surface area contributed by atoms with E-state index in [1.54, 1.807) is 41.0 Å². The average Bonchev–Trinajstić information content (AvgIpc) is 3.00. The highest BCUT2D eigenvalue weighted by Gasteiger charge is 2.11. The van der Waals surface area contributed by atoms with Gasteiger partial charge >= 0.3 is 0 Å². The maximum absolute atomic E-state index is 12.1. The van der Waals surface area contributed by atoms with Crippen molar-refractivity contribution in [3.63, 3.8) is 0 Å². The molecule has 2 N–H and O–H groups in total. The lowest BCUT2D eigenvalue weighted by molar-refractivity contribution is -0.123. The summed E-state index contributed by atoms with van der Waals surface area (Å²) in [6.07, 6.45) is 0. The predicted molar refractivity (Wildman–Crippen MR) is 108 cm³/mol. The molecule has 0 fully saturated rings. The van der Waals surface area contributed by atoms with Gasteiger partial charge in [-0.15, -0.1) is 0 Å². The molecule has 2 aromatic carbocycles. The van der Waals surface area contributed by atoms with Crippen LogP contribution in [0.4, 0.5) is 0 Å². The normalized spacial score (nSPS) is 10.6. The van der Waals surface area contributed by atoms with Gasteiger partial charge in [0, 0.05) is 10.0 Å². The number of benzene rings is 2. The van der Waals surface area contributed by atoms with Crippen molar-refractivity contribution in [3.8, 4) is 11.4 Å². The van der Waals surface area contributed by atoms with Crippen molar-refractivity contribution in [1.29, 1.82) is 0 Å². The summed E-state index contributed by atoms with van der Waals surface area (Å²) in [6, 6.07) is 11.9. The lowest BCUT2D eigenvalue weighted by atomic mass is 10.3. The summed E-state index contributed by atoms with van der Waals surface area (Å²) in [7, 11) is 0. The van der Waals surface area contributed by atoms with Gasteiger partial charge in [0.15, 0.2) is 17.2 Å². The van der Waals surface area contributed by atoms with E-state index in [9.17, 15) is 4.79 Å². The van der Waals surface area contributed by atoms with Crippen LogP contribution in [0.5, 0.6) is 5.75 Å². The molecular formula is C17H13Cl3N4O2S. The fourth-order valence-corrected chi connectivity index (χ4v) is 3.20. The lowest BCUT2D eigenvalue weighted by Crippen LogP contribution is -2.29. The molecule has 1 aromatic heterocycles. The maximum atomic E-state index is 12.1. The molecule has 0 radical (unpaired) electrons. The van der Waals surface area contributed by atoms with Gasteiger partial charge in [-0.1, -0.05) is 40.9 Å². The summed E-state index contributed by atoms with van der Waals surface area (Å²) in [5.74, 6) is 0.561. The first-order valence-corrected chi connectivity index (χ1v) is 9.25. The van der Waals surface area contributed by atoms with Crippen LogP contribution in [0.3, 0.4) is 0 Å². The Bertz CT molecular complexity index is 1040. The third-order valence-corrected chi connectivity index (χ3v) is 4.54. The van der Waals surface area contributed by atoms with Gasteiger partial charge in [-0.2, -0.15) is 5.10 Å². The highest BCUT2D eigenvalue weighted by Crippen LogP contribution is 2.27. The number of amides is 1. The summed E-state index contributed by atoms with van der Waals surface area (Å²) < 4.78 is 7.49. The topological polar surface area (TPSA) is 71.9 Å². The van der Waals surface area contributed by atoms with Crippen LogP contribution in [0.1, 0.15) is 5.82 Å². The molecule has 27 heavy (non-hydrogen) atoms. The molecular weight excluding hydrogens is 431 g/mol. The smallest absolute Gasteiger partial charge is 0.258 e. The largest absolute Gasteiger partial charge is 0.482 e. The van der Waals surface area contributed by atoms with Crippen molar-refractivity contribution in [2.45, 2.75) is 6.54 Å². The van der Waals surface area contributed by atoms with Crippen molar-refractivity contribution >= 4 is 52.9 Å². The van der Waals surface area contributed by atoms with Gasteiger partial charge in [-0.25, -0.2) is 0 Å². The molecule has 0 saturated carbocycles. The van der Waals surface area contributed by atoms with Crippen molar-refractivity contribution in [3.05, 3.63) is 68.1 Å². The lowest BCUT2D eigenvalue weighted by Gasteiger charge is -2.10. The zero-order valence-corrected chi connectivity index (χ0v) is 16.8. The molecule has 10 heteroatoms. The first-order chi connectivity index (χ1) is 12.9. The Balaban J connectivity index is 1.63. The quantitative estimate of drug-likeness (QED) is 0.547. The summed E-state index contributed by atoms with van der Waals surface area (Å²) in [5, 5.41) is 11.0. The molecule has 0 atom stereocenters. The number of carbonyl (C=O) groups is 1. The maximum Gasteiger partial charge on any atom is 0.258 e. The Morgan fingerprint density at radius 1 is 1.19 bits per heavy atom. The second-order valence-corrected chi connectivity index (χ2v) is 7.07. The minimum Gasteiger partial charge on any atom is -0.482 e. The van der Waals surface area contributed by atoms with E-state index in [-0.39, 0.29) is 19.1 Å². The van der Waals surface area contributed by atoms with E-state index >= 15 is 0 Å². The van der Waals surface area contributed by atoms with Crippen molar-refractivity contribution in [2.24, 2.45) is 0 Å². The summed E-state index contributed by atoms with van der Waals surface area (Å²) in [5.41, 5.74) is 0.745. The number of halogens is 3. The van der Waals surface area contributed by atoms with Gasteiger partial charge < -0.3 is 10.1 Å². The van der Waals surface area contributed by atoms with Crippen LogP contribution in [0.15, 0.2) is 42.5 Å². The molecule has 0 aliphatic heterocycles. The number of carbonyl (C=O) groups excluding carboxylic acids is 1. The molecule has 0 bridgehead atoms. The van der Waals surface area contributed by atoms with Gasteiger partial charge in [0.25, 0.3) is 5.91 Å². The van der Waals surface area contributed by atoms with Crippen LogP contribution < -0.4 is 10.1 Å². The van der Waals surface area contributed by atoms with Crippen molar-refractivity contribution < 1.29 is 9.53 Å². The first-order valence-electron chi connectivity index (χ1n) is 7.71. The number of aromatic nitrogens is 3. The predicted octanol–water partition coefficient (Wildman–Crippen LogP) is 4.59. The summed E-state index contributed by atoms with van der Waals surface area (Å²) in [6.45, 7) is -0.0557. The molecule has 3 rings (SSSR count). The van der Waals surface area contributed by atoms with Crippen molar-refractivity contribution in [1.82, 2.24) is 20.1 Å². The standard InChI is InChI=1S/C17H13Cl3N4O2S/c18-10-2-1-3-12(6-10)24-15(22-23-17(24)27)8-21-16(25)9-26-14-5-4-11(19)7-13(14)20/h1-7H,8-9H2,(H,21,25)(H,23,27). The van der Waals surface area contributed by atoms with Gasteiger partial charge in [0.2, 0.25) is 0 Å². The second kappa shape index (κ2) is 8.75. The third-order valence-electron chi connectivity index (χ3n) is 3.50. The Kier molecular flexibility index (Phi) is 6.38. The van der Waals surface area contributed by atoms with E-state index in [0.717, 1.165) is 5.69 Å². The Morgan fingerprint density at radius 2 is 1.96 bits per heavy atom. The molecule has 140 valence electrons. The minimum atomic E-state index is -0.340. The molecule has 6 nitrogen and oxygen atoms in total. The SMILES string of the molecule is O=C(COc1ccc(Cl)cc1Cl)NCc1n[nH]c(=S)n1-c1cccc(Cl)c1. The highest BCUT2D eigenvalue weighted by molar-refractivity contribution is 7.71. The Morgan fingerprint density at radius 3 is 2.70 bits per heavy atom. The number of nitrogens with zero attached hydrogens (tertiary/aromatic N) is 2. The number of nitrogens with one attached hydrogen (secondary N) is 2. The zero-order valence-electron chi connectivity index (χ0n) is 13.7. The van der Waals surface area contributed by atoms with E-state index in [1.165, 1.54) is 0 Å². The Hall–Kier alpha value is -2.06. The van der Waals surface area contributed by atoms with E-state index in [1.807, 2.05) is 6.07 Å². The number of ether oxygens (including phenoxy) is 1. The van der Waals surface area contributed by atoms with Gasteiger partial charge in [0.1, 0.15) is 5.75 Å². The second-order valence-electron chi connectivity index (χ2n) is 5.40. The van der Waals surface area contributed by atoms with E-state index in [0.29, 0.717) is 31.4 Å². The molecule has 0 spiro atoms. The summed E-state index contributed by atoms with van der Waals surface area (Å²) >= 11 is 23.1. The highest BCUT2D eigenvalue weighted by atomic mass is 35.5. The fourth-order valence-electron chi connectivity index (χ4n) is 2.29. The Labute approximate surface area is 175 Å². The van der Waals surface area contributed by atoms with Crippen LogP contribution in [-0.2, 0) is 11.3 Å². The number of rotatable bonds is 6. The van der Waals surface area contributed by atoms with Gasteiger partial charge in [0.05, 0.1) is 17.3 Å². The number of hydrogen-bond acceptors (Lipinski definition) is 4. The molecule has 0 unspecified atom stereocenters. The van der Waals surface area contributed by atoms with Crippen LogP contribution in [-0.4, -0.2) is 27.3 Å². The molecule has 0 saturated heterocycles. The molecule has 3 aromatic rings. The van der Waals surface area contributed by atoms with E-state index < -0.39 is 0 Å². The van der Waals surface area contributed by atoms with Crippen LogP contribution in [0.2, 0.25) is 15.1 Å². The minimum absolute atomic E-state index is 0.149. The van der Waals surface area contributed by atoms with Crippen LogP contribution in [0.25, 0.3) is 5.69 Å². The molecule has 1 amide bonds. The molecule has 0 aliphatic rings. The zero-order chi connectivity index (χ0) is 19.4. The van der Waals surface area contributed by atoms with Gasteiger partial charge in [-0.3, -0.25) is 14.5 Å². The van der Waals surface area contributed by atoms with E-state index in [4.69, 9.17) is 51.8 Å². The number of aromatic amines is 1. The monoisotopic (exact) mass is 442 g/mol. The molecule has 0 aliphatic carbocycles. The number of hydrogen-bond donors (Lipinski definition) is 2.